The second-order valence-corrected chi connectivity index (χ2v) is 4.42. The van der Waals surface area contributed by atoms with Crippen molar-refractivity contribution >= 4 is 11.7 Å². The van der Waals surface area contributed by atoms with Crippen LogP contribution in [0.5, 0.6) is 5.75 Å². The molecule has 0 saturated heterocycles. The summed E-state index contributed by atoms with van der Waals surface area (Å²) in [5, 5.41) is 3.31. The molecule has 1 N–H and O–H groups in total. The molecule has 0 bridgehead atoms. The number of aryl methyl sites for hydroxylation is 1. The van der Waals surface area contributed by atoms with Crippen molar-refractivity contribution in [3.05, 3.63) is 23.8 Å². The molecule has 4 heteroatoms. The Hall–Kier alpha value is -1.71. The van der Waals surface area contributed by atoms with Crippen LogP contribution in [0, 0.1) is 6.92 Å². The maximum atomic E-state index is 11.5. The molecule has 0 spiro atoms. The van der Waals surface area contributed by atoms with Gasteiger partial charge >= 0.3 is 5.97 Å². The largest absolute Gasteiger partial charge is 0.479 e. The Bertz CT molecular complexity index is 418. The van der Waals surface area contributed by atoms with E-state index in [4.69, 9.17) is 9.47 Å². The van der Waals surface area contributed by atoms with Crippen LogP contribution < -0.4 is 10.1 Å². The van der Waals surface area contributed by atoms with Gasteiger partial charge in [0.05, 0.1) is 6.61 Å². The molecule has 0 amide bonds. The second kappa shape index (κ2) is 7.67. The summed E-state index contributed by atoms with van der Waals surface area (Å²) < 4.78 is 10.5. The lowest BCUT2D eigenvalue weighted by atomic mass is 10.2. The Labute approximate surface area is 115 Å². The fourth-order valence-corrected chi connectivity index (χ4v) is 1.66. The molecule has 1 unspecified atom stereocenters. The van der Waals surface area contributed by atoms with Gasteiger partial charge in [-0.15, -0.1) is 0 Å². The number of rotatable bonds is 7. The molecule has 1 aromatic carbocycles. The second-order valence-electron chi connectivity index (χ2n) is 4.42. The molecule has 0 saturated carbocycles. The standard InChI is InChI=1S/C15H23NO3/c1-5-9-16-13-7-8-14(11(3)10-13)19-12(4)15(17)18-6-2/h7-8,10,12,16H,5-6,9H2,1-4H3. The summed E-state index contributed by atoms with van der Waals surface area (Å²) in [6, 6.07) is 5.85. The summed E-state index contributed by atoms with van der Waals surface area (Å²) in [7, 11) is 0. The third-order valence-corrected chi connectivity index (χ3v) is 2.68. The third-order valence-electron chi connectivity index (χ3n) is 2.68. The first kappa shape index (κ1) is 15.3. The van der Waals surface area contributed by atoms with E-state index in [2.05, 4.69) is 12.2 Å². The van der Waals surface area contributed by atoms with Crippen molar-refractivity contribution in [1.29, 1.82) is 0 Å². The van der Waals surface area contributed by atoms with E-state index in [1.54, 1.807) is 13.8 Å². The smallest absolute Gasteiger partial charge is 0.347 e. The average molecular weight is 265 g/mol. The van der Waals surface area contributed by atoms with Gasteiger partial charge in [0, 0.05) is 12.2 Å². The summed E-state index contributed by atoms with van der Waals surface area (Å²) >= 11 is 0. The molecule has 1 atom stereocenters. The van der Waals surface area contributed by atoms with Gasteiger partial charge in [0.25, 0.3) is 0 Å². The maximum Gasteiger partial charge on any atom is 0.347 e. The van der Waals surface area contributed by atoms with Crippen molar-refractivity contribution in [3.63, 3.8) is 0 Å². The van der Waals surface area contributed by atoms with E-state index in [1.807, 2.05) is 25.1 Å². The van der Waals surface area contributed by atoms with Gasteiger partial charge in [0.15, 0.2) is 6.10 Å². The van der Waals surface area contributed by atoms with Crippen LogP contribution >= 0.6 is 0 Å². The average Bonchev–Trinajstić information content (AvgIpc) is 2.39. The number of anilines is 1. The van der Waals surface area contributed by atoms with E-state index in [0.29, 0.717) is 12.4 Å². The highest BCUT2D eigenvalue weighted by Crippen LogP contribution is 2.23. The van der Waals surface area contributed by atoms with E-state index in [0.717, 1.165) is 24.2 Å². The predicted molar refractivity (Wildman–Crippen MR) is 76.7 cm³/mol. The van der Waals surface area contributed by atoms with Crippen molar-refractivity contribution < 1.29 is 14.3 Å². The Morgan fingerprint density at radius 3 is 2.68 bits per heavy atom. The molecule has 1 rings (SSSR count). The monoisotopic (exact) mass is 265 g/mol. The summed E-state index contributed by atoms with van der Waals surface area (Å²) in [6.07, 6.45) is 0.491. The van der Waals surface area contributed by atoms with Crippen LogP contribution in [0.2, 0.25) is 0 Å². The molecular weight excluding hydrogens is 242 g/mol. The van der Waals surface area contributed by atoms with Crippen LogP contribution in [0.15, 0.2) is 18.2 Å². The number of carbonyl (C=O) groups is 1. The lowest BCUT2D eigenvalue weighted by molar-refractivity contribution is -0.150. The molecule has 0 aromatic heterocycles. The highest BCUT2D eigenvalue weighted by Gasteiger charge is 2.16. The predicted octanol–water partition coefficient (Wildman–Crippen LogP) is 3.15. The fraction of sp³-hybridized carbons (Fsp3) is 0.533. The normalized spacial score (nSPS) is 11.8. The molecular formula is C15H23NO3. The maximum absolute atomic E-state index is 11.5. The van der Waals surface area contributed by atoms with E-state index >= 15 is 0 Å². The number of nitrogens with one attached hydrogen (secondary N) is 1. The Morgan fingerprint density at radius 2 is 2.11 bits per heavy atom. The lowest BCUT2D eigenvalue weighted by Gasteiger charge is -2.16. The van der Waals surface area contributed by atoms with E-state index < -0.39 is 6.10 Å². The number of carbonyl (C=O) groups excluding carboxylic acids is 1. The molecule has 4 nitrogen and oxygen atoms in total. The molecule has 0 aliphatic carbocycles. The molecule has 0 fully saturated rings. The first-order valence-electron chi connectivity index (χ1n) is 6.76. The quantitative estimate of drug-likeness (QED) is 0.769. The zero-order chi connectivity index (χ0) is 14.3. The number of hydrogen-bond donors (Lipinski definition) is 1. The minimum atomic E-state index is -0.590. The van der Waals surface area contributed by atoms with Gasteiger partial charge in [-0.25, -0.2) is 4.79 Å². The van der Waals surface area contributed by atoms with Gasteiger partial charge in [-0.1, -0.05) is 6.92 Å². The molecule has 19 heavy (non-hydrogen) atoms. The van der Waals surface area contributed by atoms with Gasteiger partial charge in [-0.2, -0.15) is 0 Å². The molecule has 0 aliphatic heterocycles. The fourth-order valence-electron chi connectivity index (χ4n) is 1.66. The molecule has 0 aliphatic rings. The van der Waals surface area contributed by atoms with Gasteiger partial charge in [0.1, 0.15) is 5.75 Å². The van der Waals surface area contributed by atoms with Gasteiger partial charge in [-0.3, -0.25) is 0 Å². The van der Waals surface area contributed by atoms with Crippen molar-refractivity contribution in [2.24, 2.45) is 0 Å². The van der Waals surface area contributed by atoms with Crippen LogP contribution in [-0.4, -0.2) is 25.2 Å². The topological polar surface area (TPSA) is 47.6 Å². The van der Waals surface area contributed by atoms with Crippen LogP contribution in [0.4, 0.5) is 5.69 Å². The minimum Gasteiger partial charge on any atom is -0.479 e. The van der Waals surface area contributed by atoms with E-state index in [9.17, 15) is 4.79 Å². The number of hydrogen-bond acceptors (Lipinski definition) is 4. The minimum absolute atomic E-state index is 0.338. The number of benzene rings is 1. The van der Waals surface area contributed by atoms with Crippen molar-refractivity contribution in [1.82, 2.24) is 0 Å². The van der Waals surface area contributed by atoms with E-state index in [-0.39, 0.29) is 5.97 Å². The number of esters is 1. The summed E-state index contributed by atoms with van der Waals surface area (Å²) in [5.74, 6) is 0.373. The Morgan fingerprint density at radius 1 is 1.37 bits per heavy atom. The van der Waals surface area contributed by atoms with Crippen LogP contribution in [0.3, 0.4) is 0 Å². The number of ether oxygens (including phenoxy) is 2. The first-order chi connectivity index (χ1) is 9.08. The van der Waals surface area contributed by atoms with Crippen LogP contribution in [0.1, 0.15) is 32.8 Å². The summed E-state index contributed by atoms with van der Waals surface area (Å²) in [6.45, 7) is 8.87. The van der Waals surface area contributed by atoms with Crippen molar-refractivity contribution in [3.8, 4) is 5.75 Å². The first-order valence-corrected chi connectivity index (χ1v) is 6.76. The summed E-state index contributed by atoms with van der Waals surface area (Å²) in [5.41, 5.74) is 2.06. The molecule has 1 aromatic rings. The molecule has 0 radical (unpaired) electrons. The SMILES string of the molecule is CCCNc1ccc(OC(C)C(=O)OCC)c(C)c1. The zero-order valence-corrected chi connectivity index (χ0v) is 12.2. The highest BCUT2D eigenvalue weighted by molar-refractivity contribution is 5.74. The van der Waals surface area contributed by atoms with Crippen molar-refractivity contribution in [2.75, 3.05) is 18.5 Å². The Kier molecular flexibility index (Phi) is 6.19. The molecule has 0 heterocycles. The van der Waals surface area contributed by atoms with Crippen molar-refractivity contribution in [2.45, 2.75) is 40.2 Å². The Balaban J connectivity index is 2.66. The van der Waals surface area contributed by atoms with Crippen LogP contribution in [0.25, 0.3) is 0 Å². The van der Waals surface area contributed by atoms with Gasteiger partial charge in [0.2, 0.25) is 0 Å². The molecule has 106 valence electrons. The van der Waals surface area contributed by atoms with Gasteiger partial charge < -0.3 is 14.8 Å². The lowest BCUT2D eigenvalue weighted by Crippen LogP contribution is -2.26. The summed E-state index contributed by atoms with van der Waals surface area (Å²) in [4.78, 5) is 11.5. The van der Waals surface area contributed by atoms with Crippen LogP contribution in [-0.2, 0) is 9.53 Å². The third kappa shape index (κ3) is 4.81. The highest BCUT2D eigenvalue weighted by atomic mass is 16.6. The zero-order valence-electron chi connectivity index (χ0n) is 12.2. The van der Waals surface area contributed by atoms with Gasteiger partial charge in [-0.05, 0) is 51.0 Å². The van der Waals surface area contributed by atoms with E-state index in [1.165, 1.54) is 0 Å².